The van der Waals surface area contributed by atoms with Crippen molar-refractivity contribution in [3.63, 3.8) is 0 Å². The third kappa shape index (κ3) is 4.61. The fourth-order valence-electron chi connectivity index (χ4n) is 2.15. The van der Waals surface area contributed by atoms with Crippen LogP contribution in [0.5, 0.6) is 11.5 Å². The van der Waals surface area contributed by atoms with Gasteiger partial charge in [-0.25, -0.2) is 8.42 Å². The number of hydrogen-bond acceptors (Lipinski definition) is 4. The summed E-state index contributed by atoms with van der Waals surface area (Å²) in [7, 11) is -0.599. The van der Waals surface area contributed by atoms with Crippen molar-refractivity contribution >= 4 is 10.0 Å². The largest absolute Gasteiger partial charge is 0.497 e. The average molecular weight is 329 g/mol. The summed E-state index contributed by atoms with van der Waals surface area (Å²) >= 11 is 0. The average Bonchev–Trinajstić information content (AvgIpc) is 2.54. The number of rotatable bonds is 10. The van der Waals surface area contributed by atoms with Gasteiger partial charge in [0, 0.05) is 19.2 Å². The molecule has 0 aliphatic carbocycles. The van der Waals surface area contributed by atoms with Crippen LogP contribution in [0.1, 0.15) is 39.5 Å². The number of benzene rings is 1. The third-order valence-corrected chi connectivity index (χ3v) is 5.43. The molecular weight excluding hydrogens is 302 g/mol. The zero-order valence-corrected chi connectivity index (χ0v) is 14.8. The van der Waals surface area contributed by atoms with Gasteiger partial charge in [-0.05, 0) is 25.0 Å². The molecule has 6 heteroatoms. The van der Waals surface area contributed by atoms with Gasteiger partial charge >= 0.3 is 0 Å². The maximum Gasteiger partial charge on any atom is 0.246 e. The van der Waals surface area contributed by atoms with Crippen molar-refractivity contribution in [1.29, 1.82) is 0 Å². The van der Waals surface area contributed by atoms with E-state index >= 15 is 0 Å². The molecule has 0 saturated heterocycles. The SMILES string of the molecule is CCCCN(CCCC)S(=O)(=O)c1cc(OC)ccc1OC. The van der Waals surface area contributed by atoms with Crippen molar-refractivity contribution < 1.29 is 17.9 Å². The molecule has 126 valence electrons. The molecule has 0 amide bonds. The van der Waals surface area contributed by atoms with Crippen molar-refractivity contribution in [2.75, 3.05) is 27.3 Å². The van der Waals surface area contributed by atoms with Crippen LogP contribution in [0.4, 0.5) is 0 Å². The van der Waals surface area contributed by atoms with E-state index in [4.69, 9.17) is 9.47 Å². The molecule has 1 aromatic rings. The van der Waals surface area contributed by atoms with Crippen LogP contribution in [-0.2, 0) is 10.0 Å². The van der Waals surface area contributed by atoms with Crippen LogP contribution >= 0.6 is 0 Å². The molecule has 0 bridgehead atoms. The summed E-state index contributed by atoms with van der Waals surface area (Å²) in [5, 5.41) is 0. The van der Waals surface area contributed by atoms with Gasteiger partial charge in [-0.3, -0.25) is 0 Å². The molecule has 1 aromatic carbocycles. The molecule has 0 aromatic heterocycles. The molecule has 0 aliphatic heterocycles. The van der Waals surface area contributed by atoms with Crippen molar-refractivity contribution in [2.45, 2.75) is 44.4 Å². The lowest BCUT2D eigenvalue weighted by Crippen LogP contribution is -2.33. The summed E-state index contributed by atoms with van der Waals surface area (Å²) in [6, 6.07) is 4.85. The van der Waals surface area contributed by atoms with Gasteiger partial charge in [0.2, 0.25) is 10.0 Å². The smallest absolute Gasteiger partial charge is 0.246 e. The minimum Gasteiger partial charge on any atom is -0.497 e. The highest BCUT2D eigenvalue weighted by molar-refractivity contribution is 7.89. The third-order valence-electron chi connectivity index (χ3n) is 3.51. The second kappa shape index (κ2) is 9.00. The Hall–Kier alpha value is -1.27. The molecule has 5 nitrogen and oxygen atoms in total. The van der Waals surface area contributed by atoms with Gasteiger partial charge < -0.3 is 9.47 Å². The van der Waals surface area contributed by atoms with E-state index in [1.165, 1.54) is 20.3 Å². The number of unbranched alkanes of at least 4 members (excludes halogenated alkanes) is 2. The highest BCUT2D eigenvalue weighted by Crippen LogP contribution is 2.30. The molecule has 0 saturated carbocycles. The second-order valence-electron chi connectivity index (χ2n) is 5.13. The van der Waals surface area contributed by atoms with Crippen molar-refractivity contribution in [3.8, 4) is 11.5 Å². The molecule has 22 heavy (non-hydrogen) atoms. The number of hydrogen-bond donors (Lipinski definition) is 0. The summed E-state index contributed by atoms with van der Waals surface area (Å²) < 4.78 is 37.9. The van der Waals surface area contributed by atoms with Crippen LogP contribution in [-0.4, -0.2) is 40.0 Å². The van der Waals surface area contributed by atoms with Gasteiger partial charge in [-0.1, -0.05) is 26.7 Å². The van der Waals surface area contributed by atoms with E-state index in [2.05, 4.69) is 13.8 Å². The van der Waals surface area contributed by atoms with E-state index in [9.17, 15) is 8.42 Å². The minimum absolute atomic E-state index is 0.168. The maximum absolute atomic E-state index is 13.0. The number of methoxy groups -OCH3 is 2. The monoisotopic (exact) mass is 329 g/mol. The standard InChI is InChI=1S/C16H27NO4S/c1-5-7-11-17(12-8-6-2)22(18,19)16-13-14(20-3)9-10-15(16)21-4/h9-10,13H,5-8,11-12H2,1-4H3. The van der Waals surface area contributed by atoms with Crippen LogP contribution in [0.25, 0.3) is 0 Å². The van der Waals surface area contributed by atoms with Gasteiger partial charge in [0.25, 0.3) is 0 Å². The molecule has 0 unspecified atom stereocenters. The Balaban J connectivity index is 3.21. The van der Waals surface area contributed by atoms with Gasteiger partial charge in [-0.15, -0.1) is 0 Å². The van der Waals surface area contributed by atoms with Crippen molar-refractivity contribution in [1.82, 2.24) is 4.31 Å². The molecule has 0 spiro atoms. The van der Waals surface area contributed by atoms with E-state index in [0.29, 0.717) is 24.6 Å². The summed E-state index contributed by atoms with van der Waals surface area (Å²) in [6.07, 6.45) is 3.59. The molecule has 0 radical (unpaired) electrons. The van der Waals surface area contributed by atoms with Crippen LogP contribution < -0.4 is 9.47 Å². The zero-order chi connectivity index (χ0) is 16.6. The molecule has 0 atom stereocenters. The fraction of sp³-hybridized carbons (Fsp3) is 0.625. The lowest BCUT2D eigenvalue weighted by molar-refractivity contribution is 0.376. The van der Waals surface area contributed by atoms with Crippen LogP contribution in [0, 0.1) is 0 Å². The summed E-state index contributed by atoms with van der Waals surface area (Å²) in [5.41, 5.74) is 0. The molecular formula is C16H27NO4S. The number of nitrogens with zero attached hydrogens (tertiary/aromatic N) is 1. The van der Waals surface area contributed by atoms with E-state index in [-0.39, 0.29) is 4.90 Å². The molecule has 0 N–H and O–H groups in total. The fourth-order valence-corrected chi connectivity index (χ4v) is 3.83. The highest BCUT2D eigenvalue weighted by Gasteiger charge is 2.27. The van der Waals surface area contributed by atoms with E-state index in [1.54, 1.807) is 16.4 Å². The van der Waals surface area contributed by atoms with Gasteiger partial charge in [0.1, 0.15) is 16.4 Å². The van der Waals surface area contributed by atoms with Crippen LogP contribution in [0.15, 0.2) is 23.1 Å². The van der Waals surface area contributed by atoms with E-state index in [1.807, 2.05) is 0 Å². The minimum atomic E-state index is -3.59. The molecule has 1 rings (SSSR count). The summed E-state index contributed by atoms with van der Waals surface area (Å²) in [5.74, 6) is 0.851. The lowest BCUT2D eigenvalue weighted by Gasteiger charge is -2.23. The second-order valence-corrected chi connectivity index (χ2v) is 7.03. The number of sulfonamides is 1. The topological polar surface area (TPSA) is 55.8 Å². The van der Waals surface area contributed by atoms with Gasteiger partial charge in [0.05, 0.1) is 14.2 Å². The Morgan fingerprint density at radius 1 is 1.00 bits per heavy atom. The first kappa shape index (κ1) is 18.8. The Labute approximate surface area is 134 Å². The Kier molecular flexibility index (Phi) is 7.68. The van der Waals surface area contributed by atoms with Crippen LogP contribution in [0.3, 0.4) is 0 Å². The number of ether oxygens (including phenoxy) is 2. The predicted octanol–water partition coefficient (Wildman–Crippen LogP) is 3.29. The van der Waals surface area contributed by atoms with Gasteiger partial charge in [-0.2, -0.15) is 4.31 Å². The lowest BCUT2D eigenvalue weighted by atomic mass is 10.3. The first-order chi connectivity index (χ1) is 10.5. The van der Waals surface area contributed by atoms with E-state index in [0.717, 1.165) is 25.7 Å². The van der Waals surface area contributed by atoms with Crippen molar-refractivity contribution in [2.24, 2.45) is 0 Å². The zero-order valence-electron chi connectivity index (χ0n) is 14.0. The Morgan fingerprint density at radius 2 is 1.59 bits per heavy atom. The quantitative estimate of drug-likeness (QED) is 0.661. The van der Waals surface area contributed by atoms with Crippen molar-refractivity contribution in [3.05, 3.63) is 18.2 Å². The Bertz CT molecular complexity index is 549. The van der Waals surface area contributed by atoms with Gasteiger partial charge in [0.15, 0.2) is 0 Å². The van der Waals surface area contributed by atoms with Crippen LogP contribution in [0.2, 0.25) is 0 Å². The summed E-state index contributed by atoms with van der Waals surface area (Å²) in [6.45, 7) is 5.16. The molecule has 0 fully saturated rings. The first-order valence-corrected chi connectivity index (χ1v) is 9.17. The maximum atomic E-state index is 13.0. The normalized spacial score (nSPS) is 11.7. The summed E-state index contributed by atoms with van der Waals surface area (Å²) in [4.78, 5) is 0.168. The predicted molar refractivity (Wildman–Crippen MR) is 88.1 cm³/mol. The Morgan fingerprint density at radius 3 is 2.05 bits per heavy atom. The molecule has 0 aliphatic rings. The molecule has 0 heterocycles. The van der Waals surface area contributed by atoms with E-state index < -0.39 is 10.0 Å². The highest BCUT2D eigenvalue weighted by atomic mass is 32.2. The first-order valence-electron chi connectivity index (χ1n) is 7.73.